The molecule has 1 heterocycles. The van der Waals surface area contributed by atoms with E-state index in [1.54, 1.807) is 4.90 Å². The third-order valence-electron chi connectivity index (χ3n) is 3.77. The van der Waals surface area contributed by atoms with Crippen molar-refractivity contribution in [2.75, 3.05) is 26.7 Å². The predicted octanol–water partition coefficient (Wildman–Crippen LogP) is 1.71. The Kier molecular flexibility index (Phi) is 3.34. The normalized spacial score (nSPS) is 30.9. The molecular weight excluding hydrogens is 216 g/mol. The van der Waals surface area contributed by atoms with E-state index in [9.17, 15) is 4.79 Å². The van der Waals surface area contributed by atoms with Gasteiger partial charge >= 0.3 is 6.09 Å². The number of carbonyl (C=O) groups is 1. The topological polar surface area (TPSA) is 41.6 Å². The van der Waals surface area contributed by atoms with Crippen LogP contribution in [-0.4, -0.2) is 43.3 Å². The van der Waals surface area contributed by atoms with Crippen LogP contribution < -0.4 is 5.32 Å². The summed E-state index contributed by atoms with van der Waals surface area (Å²) in [7, 11) is 1.82. The monoisotopic (exact) mass is 240 g/mol. The van der Waals surface area contributed by atoms with Gasteiger partial charge < -0.3 is 15.0 Å². The van der Waals surface area contributed by atoms with Gasteiger partial charge in [0, 0.05) is 13.6 Å². The number of fused-ring (bicyclic) bond motifs is 1. The van der Waals surface area contributed by atoms with Gasteiger partial charge in [0.2, 0.25) is 0 Å². The fourth-order valence-electron chi connectivity index (χ4n) is 2.75. The first-order chi connectivity index (χ1) is 7.88. The molecule has 2 aliphatic rings. The van der Waals surface area contributed by atoms with Gasteiger partial charge in [-0.1, -0.05) is 0 Å². The maximum absolute atomic E-state index is 11.7. The van der Waals surface area contributed by atoms with Crippen LogP contribution >= 0.6 is 0 Å². The Bertz CT molecular complexity index is 288. The van der Waals surface area contributed by atoms with Crippen molar-refractivity contribution in [3.63, 3.8) is 0 Å². The molecule has 2 atom stereocenters. The molecule has 0 aromatic rings. The maximum atomic E-state index is 11.7. The van der Waals surface area contributed by atoms with E-state index in [4.69, 9.17) is 4.74 Å². The van der Waals surface area contributed by atoms with E-state index < -0.39 is 5.60 Å². The highest BCUT2D eigenvalue weighted by atomic mass is 16.6. The quantitative estimate of drug-likeness (QED) is 0.816. The highest BCUT2D eigenvalue weighted by Gasteiger charge is 2.52. The molecule has 1 aliphatic carbocycles. The lowest BCUT2D eigenvalue weighted by molar-refractivity contribution is 0.0293. The van der Waals surface area contributed by atoms with Gasteiger partial charge in [-0.25, -0.2) is 4.79 Å². The number of ether oxygens (including phenoxy) is 1. The van der Waals surface area contributed by atoms with Gasteiger partial charge in [0.05, 0.1) is 0 Å². The largest absolute Gasteiger partial charge is 0.444 e. The summed E-state index contributed by atoms with van der Waals surface area (Å²) in [4.78, 5) is 13.4. The van der Waals surface area contributed by atoms with E-state index in [1.165, 1.54) is 13.1 Å². The van der Waals surface area contributed by atoms with Gasteiger partial charge in [-0.2, -0.15) is 0 Å². The predicted molar refractivity (Wildman–Crippen MR) is 66.8 cm³/mol. The molecule has 0 spiro atoms. The van der Waals surface area contributed by atoms with E-state index in [0.29, 0.717) is 0 Å². The van der Waals surface area contributed by atoms with Crippen molar-refractivity contribution in [2.24, 2.45) is 17.8 Å². The van der Waals surface area contributed by atoms with Crippen LogP contribution in [0.25, 0.3) is 0 Å². The number of nitrogens with zero attached hydrogens (tertiary/aromatic N) is 1. The molecule has 98 valence electrons. The van der Waals surface area contributed by atoms with Crippen molar-refractivity contribution in [1.82, 2.24) is 10.2 Å². The minimum atomic E-state index is -0.397. The molecule has 4 nitrogen and oxygen atoms in total. The average molecular weight is 240 g/mol. The number of amides is 1. The first-order valence-electron chi connectivity index (χ1n) is 6.53. The Hall–Kier alpha value is -0.770. The lowest BCUT2D eigenvalue weighted by Gasteiger charge is -2.24. The van der Waals surface area contributed by atoms with Crippen molar-refractivity contribution < 1.29 is 9.53 Å². The van der Waals surface area contributed by atoms with Crippen molar-refractivity contribution in [1.29, 1.82) is 0 Å². The summed E-state index contributed by atoms with van der Waals surface area (Å²) in [5.74, 6) is 2.59. The van der Waals surface area contributed by atoms with Crippen molar-refractivity contribution in [2.45, 2.75) is 32.8 Å². The first kappa shape index (κ1) is 12.7. The lowest BCUT2D eigenvalue weighted by Crippen LogP contribution is -2.35. The van der Waals surface area contributed by atoms with Gasteiger partial charge in [-0.3, -0.25) is 0 Å². The van der Waals surface area contributed by atoms with Crippen molar-refractivity contribution >= 4 is 6.09 Å². The lowest BCUT2D eigenvalue weighted by atomic mass is 10.2. The van der Waals surface area contributed by atoms with Crippen molar-refractivity contribution in [3.8, 4) is 0 Å². The average Bonchev–Trinajstić information content (AvgIpc) is 2.66. The zero-order chi connectivity index (χ0) is 12.6. The molecule has 0 bridgehead atoms. The molecule has 17 heavy (non-hydrogen) atoms. The van der Waals surface area contributed by atoms with Gasteiger partial charge in [0.1, 0.15) is 5.60 Å². The Balaban J connectivity index is 1.67. The van der Waals surface area contributed by atoms with E-state index >= 15 is 0 Å². The van der Waals surface area contributed by atoms with Crippen LogP contribution in [-0.2, 0) is 4.74 Å². The van der Waals surface area contributed by atoms with Gasteiger partial charge in [-0.15, -0.1) is 0 Å². The van der Waals surface area contributed by atoms with Crippen LogP contribution in [0.1, 0.15) is 27.2 Å². The molecule has 0 aromatic carbocycles. The molecule has 2 fully saturated rings. The number of hydrogen-bond donors (Lipinski definition) is 1. The molecule has 1 saturated carbocycles. The SMILES string of the molecule is CN(CCC1C2CNCC12)C(=O)OC(C)(C)C. The molecule has 4 heteroatoms. The van der Waals surface area contributed by atoms with Gasteiger partial charge in [0.25, 0.3) is 0 Å². The summed E-state index contributed by atoms with van der Waals surface area (Å²) < 4.78 is 5.32. The van der Waals surface area contributed by atoms with Crippen LogP contribution in [0.3, 0.4) is 0 Å². The first-order valence-corrected chi connectivity index (χ1v) is 6.53. The Labute approximate surface area is 104 Å². The highest BCUT2D eigenvalue weighted by Crippen LogP contribution is 2.50. The summed E-state index contributed by atoms with van der Waals surface area (Å²) in [6.07, 6.45) is 0.911. The van der Waals surface area contributed by atoms with Crippen LogP contribution in [0.4, 0.5) is 4.79 Å². The number of piperidine rings is 1. The third-order valence-corrected chi connectivity index (χ3v) is 3.77. The van der Waals surface area contributed by atoms with Crippen LogP contribution in [0.5, 0.6) is 0 Å². The maximum Gasteiger partial charge on any atom is 0.410 e. The van der Waals surface area contributed by atoms with Crippen LogP contribution in [0.2, 0.25) is 0 Å². The summed E-state index contributed by atoms with van der Waals surface area (Å²) in [5.41, 5.74) is -0.397. The fourth-order valence-corrected chi connectivity index (χ4v) is 2.75. The Morgan fingerprint density at radius 1 is 1.35 bits per heavy atom. The molecule has 1 aliphatic heterocycles. The summed E-state index contributed by atoms with van der Waals surface area (Å²) in [5, 5.41) is 3.39. The molecular formula is C13H24N2O2. The molecule has 0 radical (unpaired) electrons. The molecule has 1 saturated heterocycles. The zero-order valence-corrected chi connectivity index (χ0v) is 11.3. The molecule has 2 rings (SSSR count). The second-order valence-corrected chi connectivity index (χ2v) is 6.34. The summed E-state index contributed by atoms with van der Waals surface area (Å²) >= 11 is 0. The van der Waals surface area contributed by atoms with E-state index in [1.807, 2.05) is 27.8 Å². The fraction of sp³-hybridized carbons (Fsp3) is 0.923. The second-order valence-electron chi connectivity index (χ2n) is 6.34. The van der Waals surface area contributed by atoms with Crippen LogP contribution in [0.15, 0.2) is 0 Å². The third kappa shape index (κ3) is 3.12. The minimum Gasteiger partial charge on any atom is -0.444 e. The summed E-state index contributed by atoms with van der Waals surface area (Å²) in [6, 6.07) is 0. The Morgan fingerprint density at radius 2 is 1.94 bits per heavy atom. The smallest absolute Gasteiger partial charge is 0.410 e. The minimum absolute atomic E-state index is 0.207. The highest BCUT2D eigenvalue weighted by molar-refractivity contribution is 5.67. The van der Waals surface area contributed by atoms with E-state index in [-0.39, 0.29) is 6.09 Å². The number of nitrogens with one attached hydrogen (secondary N) is 1. The van der Waals surface area contributed by atoms with Crippen LogP contribution in [0, 0.1) is 17.8 Å². The second kappa shape index (κ2) is 4.48. The Morgan fingerprint density at radius 3 is 2.47 bits per heavy atom. The molecule has 0 aromatic heterocycles. The summed E-state index contributed by atoms with van der Waals surface area (Å²) in [6.45, 7) is 8.85. The number of rotatable bonds is 3. The van der Waals surface area contributed by atoms with E-state index in [2.05, 4.69) is 5.32 Å². The standard InChI is InChI=1S/C13H24N2O2/c1-13(2,3)17-12(16)15(4)6-5-9-10-7-14-8-11(9)10/h9-11,14H,5-8H2,1-4H3. The molecule has 1 amide bonds. The zero-order valence-electron chi connectivity index (χ0n) is 11.3. The van der Waals surface area contributed by atoms with Gasteiger partial charge in [-0.05, 0) is 58.0 Å². The number of carbonyl (C=O) groups excluding carboxylic acids is 1. The molecule has 1 N–H and O–H groups in total. The van der Waals surface area contributed by atoms with Crippen molar-refractivity contribution in [3.05, 3.63) is 0 Å². The molecule has 2 unspecified atom stereocenters. The number of hydrogen-bond acceptors (Lipinski definition) is 3. The van der Waals surface area contributed by atoms with Gasteiger partial charge in [0.15, 0.2) is 0 Å². The van der Waals surface area contributed by atoms with E-state index in [0.717, 1.165) is 30.7 Å².